The first-order valence-electron chi connectivity index (χ1n) is 6.07. The summed E-state index contributed by atoms with van der Waals surface area (Å²) < 4.78 is 5.69. The Morgan fingerprint density at radius 2 is 2.00 bits per heavy atom. The van der Waals surface area contributed by atoms with Crippen molar-refractivity contribution in [2.75, 3.05) is 0 Å². The van der Waals surface area contributed by atoms with Crippen molar-refractivity contribution in [2.24, 2.45) is 5.92 Å². The summed E-state index contributed by atoms with van der Waals surface area (Å²) in [7, 11) is -1.42. The van der Waals surface area contributed by atoms with Crippen LogP contribution in [0.5, 0.6) is 0 Å². The predicted octanol–water partition coefficient (Wildman–Crippen LogP) is 3.20. The van der Waals surface area contributed by atoms with Gasteiger partial charge in [-0.3, -0.25) is 4.79 Å². The first-order valence-corrected chi connectivity index (χ1v) is 9.65. The second-order valence-electron chi connectivity index (χ2n) is 6.43. The average molecular weight is 226 g/mol. The number of carbonyl (C=O) groups is 1. The molecule has 2 fully saturated rings. The van der Waals surface area contributed by atoms with Crippen molar-refractivity contribution in [1.82, 2.24) is 0 Å². The quantitative estimate of drug-likeness (QED) is 0.507. The first-order chi connectivity index (χ1) is 6.84. The molecule has 3 heteroatoms. The molecule has 1 saturated heterocycles. The summed E-state index contributed by atoms with van der Waals surface area (Å²) in [6, 6.07) is 0. The second-order valence-corrected chi connectivity index (χ2v) is 11.8. The van der Waals surface area contributed by atoms with Crippen molar-refractivity contribution in [3.63, 3.8) is 0 Å². The number of esters is 1. The molecule has 1 aliphatic heterocycles. The Hall–Kier alpha value is -0.313. The summed E-state index contributed by atoms with van der Waals surface area (Å²) in [4.78, 5) is 12.0. The Bertz CT molecular complexity index is 282. The molecule has 0 amide bonds. The standard InChI is InChI=1S/C12H22O2Si/c1-12-8-6-5-7-9(12)10(11(13)14-12)15(2,3)4/h9-10H,5-8H2,1-4H3/t9-,10?,12+/m0/s1. The van der Waals surface area contributed by atoms with Crippen LogP contribution in [-0.2, 0) is 9.53 Å². The molecule has 1 heterocycles. The number of rotatable bonds is 1. The number of ether oxygens (including phenoxy) is 1. The SMILES string of the molecule is C[C@@]12CCCC[C@H]1C([Si](C)(C)C)C(=O)O2. The minimum Gasteiger partial charge on any atom is -0.459 e. The third-order valence-electron chi connectivity index (χ3n) is 4.15. The fraction of sp³-hybridized carbons (Fsp3) is 0.917. The molecule has 1 aliphatic carbocycles. The van der Waals surface area contributed by atoms with E-state index < -0.39 is 8.07 Å². The van der Waals surface area contributed by atoms with Gasteiger partial charge in [-0.1, -0.05) is 26.1 Å². The lowest BCUT2D eigenvalue weighted by Gasteiger charge is -2.37. The minimum absolute atomic E-state index is 0.101. The van der Waals surface area contributed by atoms with E-state index in [0.717, 1.165) is 6.42 Å². The molecule has 0 bridgehead atoms. The summed E-state index contributed by atoms with van der Waals surface area (Å²) in [6.45, 7) is 9.02. The molecule has 0 radical (unpaired) electrons. The summed E-state index contributed by atoms with van der Waals surface area (Å²) in [5.74, 6) is 0.606. The van der Waals surface area contributed by atoms with E-state index in [9.17, 15) is 4.79 Å². The predicted molar refractivity (Wildman–Crippen MR) is 63.6 cm³/mol. The molecule has 86 valence electrons. The van der Waals surface area contributed by atoms with Crippen LogP contribution in [0.1, 0.15) is 32.6 Å². The van der Waals surface area contributed by atoms with E-state index in [4.69, 9.17) is 4.74 Å². The molecule has 2 rings (SSSR count). The fourth-order valence-electron chi connectivity index (χ4n) is 3.39. The maximum Gasteiger partial charge on any atom is 0.307 e. The van der Waals surface area contributed by atoms with Crippen LogP contribution in [0.3, 0.4) is 0 Å². The average Bonchev–Trinajstić information content (AvgIpc) is 2.33. The van der Waals surface area contributed by atoms with Gasteiger partial charge in [0, 0.05) is 5.92 Å². The number of hydrogen-bond donors (Lipinski definition) is 0. The topological polar surface area (TPSA) is 26.3 Å². The molecular formula is C12H22O2Si. The van der Waals surface area contributed by atoms with Gasteiger partial charge in [-0.25, -0.2) is 0 Å². The molecule has 0 aromatic carbocycles. The maximum absolute atomic E-state index is 12.0. The van der Waals surface area contributed by atoms with Gasteiger partial charge in [0.1, 0.15) is 5.60 Å². The smallest absolute Gasteiger partial charge is 0.307 e. The molecule has 0 N–H and O–H groups in total. The highest BCUT2D eigenvalue weighted by atomic mass is 28.3. The highest BCUT2D eigenvalue weighted by Crippen LogP contribution is 2.52. The van der Waals surface area contributed by atoms with E-state index in [1.807, 2.05) is 0 Å². The summed E-state index contributed by atoms with van der Waals surface area (Å²) in [5, 5.41) is 0. The molecule has 15 heavy (non-hydrogen) atoms. The van der Waals surface area contributed by atoms with Gasteiger partial charge < -0.3 is 4.74 Å². The summed E-state index contributed by atoms with van der Waals surface area (Å²) in [6.07, 6.45) is 4.76. The number of hydrogen-bond acceptors (Lipinski definition) is 2. The van der Waals surface area contributed by atoms with E-state index >= 15 is 0 Å². The van der Waals surface area contributed by atoms with Gasteiger partial charge in [-0.15, -0.1) is 0 Å². The molecule has 1 unspecified atom stereocenters. The Labute approximate surface area is 93.4 Å². The zero-order valence-corrected chi connectivity index (χ0v) is 11.3. The number of fused-ring (bicyclic) bond motifs is 1. The van der Waals surface area contributed by atoms with E-state index in [1.54, 1.807) is 0 Å². The monoisotopic (exact) mass is 226 g/mol. The normalized spacial score (nSPS) is 41.2. The van der Waals surface area contributed by atoms with Crippen molar-refractivity contribution in [3.8, 4) is 0 Å². The molecule has 0 aromatic heterocycles. The molecule has 0 spiro atoms. The van der Waals surface area contributed by atoms with E-state index in [-0.39, 0.29) is 17.1 Å². The van der Waals surface area contributed by atoms with Crippen LogP contribution < -0.4 is 0 Å². The zero-order chi connectivity index (χ0) is 11.3. The molecule has 2 nitrogen and oxygen atoms in total. The van der Waals surface area contributed by atoms with Crippen LogP contribution in [0.2, 0.25) is 25.2 Å². The molecule has 0 aromatic rings. The van der Waals surface area contributed by atoms with Crippen molar-refractivity contribution >= 4 is 14.0 Å². The van der Waals surface area contributed by atoms with Gasteiger partial charge in [0.2, 0.25) is 0 Å². The van der Waals surface area contributed by atoms with E-state index in [0.29, 0.717) is 5.92 Å². The third kappa shape index (κ3) is 1.75. The van der Waals surface area contributed by atoms with Crippen LogP contribution in [0, 0.1) is 5.92 Å². The molecule has 2 aliphatic rings. The third-order valence-corrected chi connectivity index (χ3v) is 6.65. The summed E-state index contributed by atoms with van der Waals surface area (Å²) in [5.41, 5.74) is 0.114. The summed E-state index contributed by atoms with van der Waals surface area (Å²) >= 11 is 0. The van der Waals surface area contributed by atoms with Crippen LogP contribution in [0.25, 0.3) is 0 Å². The van der Waals surface area contributed by atoms with Gasteiger partial charge in [-0.2, -0.15) is 0 Å². The minimum atomic E-state index is -1.42. The van der Waals surface area contributed by atoms with Gasteiger partial charge in [0.05, 0.1) is 13.6 Å². The van der Waals surface area contributed by atoms with Crippen LogP contribution >= 0.6 is 0 Å². The Morgan fingerprint density at radius 3 is 2.60 bits per heavy atom. The van der Waals surface area contributed by atoms with Crippen molar-refractivity contribution in [3.05, 3.63) is 0 Å². The Kier molecular flexibility index (Phi) is 2.49. The van der Waals surface area contributed by atoms with Gasteiger partial charge in [-0.05, 0) is 26.2 Å². The first kappa shape index (κ1) is 11.2. The van der Waals surface area contributed by atoms with Crippen molar-refractivity contribution in [2.45, 2.75) is 63.4 Å². The highest BCUT2D eigenvalue weighted by molar-refractivity contribution is 6.80. The van der Waals surface area contributed by atoms with Gasteiger partial charge in [0.15, 0.2) is 0 Å². The Morgan fingerprint density at radius 1 is 1.33 bits per heavy atom. The largest absolute Gasteiger partial charge is 0.459 e. The van der Waals surface area contributed by atoms with E-state index in [2.05, 4.69) is 26.6 Å². The van der Waals surface area contributed by atoms with Crippen molar-refractivity contribution in [1.29, 1.82) is 0 Å². The zero-order valence-electron chi connectivity index (χ0n) is 10.3. The molecule has 1 saturated carbocycles. The van der Waals surface area contributed by atoms with Gasteiger partial charge in [0.25, 0.3) is 0 Å². The lowest BCUT2D eigenvalue weighted by molar-refractivity contribution is -0.149. The lowest BCUT2D eigenvalue weighted by atomic mass is 9.76. The molecular weight excluding hydrogens is 204 g/mol. The second kappa shape index (κ2) is 3.34. The molecule has 3 atom stereocenters. The highest BCUT2D eigenvalue weighted by Gasteiger charge is 2.57. The van der Waals surface area contributed by atoms with Crippen molar-refractivity contribution < 1.29 is 9.53 Å². The van der Waals surface area contributed by atoms with E-state index in [1.165, 1.54) is 19.3 Å². The lowest BCUT2D eigenvalue weighted by Crippen LogP contribution is -2.41. The fourth-order valence-corrected chi connectivity index (χ4v) is 5.88. The van der Waals surface area contributed by atoms with Crippen LogP contribution in [0.4, 0.5) is 0 Å². The van der Waals surface area contributed by atoms with Gasteiger partial charge >= 0.3 is 5.97 Å². The van der Waals surface area contributed by atoms with Crippen LogP contribution in [-0.4, -0.2) is 19.6 Å². The maximum atomic E-state index is 12.0. The Balaban J connectivity index is 2.30. The number of carbonyl (C=O) groups excluding carboxylic acids is 1. The van der Waals surface area contributed by atoms with Crippen LogP contribution in [0.15, 0.2) is 0 Å².